The standard InChI is InChI=1S/4C23H13NO2P.C11H8N.C6H5NO2.C5H8O2.4Ir/c4*1-3-10-21-17(8-1)25-19-13-15(16-7-5-6-12-24-16)14-20-23(19)27(21)22-11-4-2-9-18(22)26-20;1-2-6-10(7-3-1)11-8-4-5-9-12-11;8-6(9)5-3-1-2-4-7-5;1-4(6)3-5(2)7;;;;/h4*1-13H;1-6,8-9H;1-4H,(H,8,9);3,6H,1-2H3;;;;/q5*-1;;;;;;. The number of para-hydroxylation sites is 8. The van der Waals surface area contributed by atoms with Gasteiger partial charge in [-0.3, -0.25) is 4.79 Å². The van der Waals surface area contributed by atoms with E-state index < -0.39 is 37.7 Å². The van der Waals surface area contributed by atoms with Crippen molar-refractivity contribution in [3.63, 3.8) is 0 Å². The van der Waals surface area contributed by atoms with Crippen molar-refractivity contribution in [2.24, 2.45) is 0 Å². The second-order valence-electron chi connectivity index (χ2n) is 31.1. The zero-order valence-electron chi connectivity index (χ0n) is 73.8. The fourth-order valence-corrected chi connectivity index (χ4v) is 26.4. The number of pyridine rings is 6. The molecule has 0 bridgehead atoms. The Labute approximate surface area is 866 Å². The second-order valence-corrected chi connectivity index (χ2v) is 39.4. The molecule has 14 heterocycles. The number of rotatable bonds is 7. The molecule has 0 fully saturated rings. The van der Waals surface area contributed by atoms with Gasteiger partial charge in [-0.1, -0.05) is 261 Å². The maximum Gasteiger partial charge on any atom is 0.354 e. The molecule has 18 nitrogen and oxygen atoms in total. The van der Waals surface area contributed by atoms with Gasteiger partial charge in [0.2, 0.25) is 0 Å². The van der Waals surface area contributed by atoms with Gasteiger partial charge < -0.3 is 73.0 Å². The van der Waals surface area contributed by atoms with Crippen molar-refractivity contribution in [1.82, 2.24) is 29.9 Å². The first kappa shape index (κ1) is 97.8. The number of carbonyl (C=O) groups is 2. The van der Waals surface area contributed by atoms with E-state index in [-0.39, 0.29) is 97.7 Å². The van der Waals surface area contributed by atoms with E-state index in [0.29, 0.717) is 0 Å². The summed E-state index contributed by atoms with van der Waals surface area (Å²) < 4.78 is 50.2. The average molecular weight is 2610 g/mol. The van der Waals surface area contributed by atoms with Crippen LogP contribution in [-0.2, 0) is 85.2 Å². The van der Waals surface area contributed by atoms with Crippen LogP contribution in [0.25, 0.3) is 56.3 Å². The molecular formula is C114H73Ir4N6O12P4-5. The summed E-state index contributed by atoms with van der Waals surface area (Å²) in [5, 5.41) is 30.8. The Balaban J connectivity index is 0.000000117. The minimum absolute atomic E-state index is 0. The molecule has 0 amide bonds. The van der Waals surface area contributed by atoms with Gasteiger partial charge in [0.05, 0.1) is 51.8 Å². The number of aliphatic hydroxyl groups is 1. The number of fused-ring (bicyclic) bond motifs is 16. The van der Waals surface area contributed by atoms with Gasteiger partial charge in [-0.2, -0.15) is 0 Å². The minimum atomic E-state index is -0.990. The number of ether oxygens (including phenoxy) is 8. The van der Waals surface area contributed by atoms with Crippen molar-refractivity contribution in [2.75, 3.05) is 0 Å². The number of benzene rings is 13. The summed E-state index contributed by atoms with van der Waals surface area (Å²) in [6.45, 7) is 2.85. The summed E-state index contributed by atoms with van der Waals surface area (Å²) in [5.41, 5.74) is 8.99. The summed E-state index contributed by atoms with van der Waals surface area (Å²) in [4.78, 5) is 45.8. The van der Waals surface area contributed by atoms with Crippen LogP contribution in [0.3, 0.4) is 0 Å². The quantitative estimate of drug-likeness (QED) is 0.0654. The van der Waals surface area contributed by atoms with E-state index in [2.05, 4.69) is 157 Å². The van der Waals surface area contributed by atoms with E-state index in [1.54, 1.807) is 43.1 Å². The predicted molar refractivity (Wildman–Crippen MR) is 536 cm³/mol. The third-order valence-electron chi connectivity index (χ3n) is 22.1. The molecular weight excluding hydrogens is 2540 g/mol. The average Bonchev–Trinajstić information content (AvgIpc) is 0.738. The monoisotopic (exact) mass is 2610 g/mol. The maximum atomic E-state index is 10.1. The van der Waals surface area contributed by atoms with E-state index in [0.717, 1.165) is 169 Å². The van der Waals surface area contributed by atoms with Gasteiger partial charge in [-0.25, -0.2) is 9.78 Å². The summed E-state index contributed by atoms with van der Waals surface area (Å²) in [6, 6.07) is 133. The third-order valence-corrected chi connectivity index (χ3v) is 32.4. The van der Waals surface area contributed by atoms with Crippen LogP contribution in [0.4, 0.5) is 0 Å². The molecule has 4 radical (unpaired) electrons. The summed E-state index contributed by atoms with van der Waals surface area (Å²) >= 11 is 0. The molecule has 0 saturated heterocycles. The molecule has 2 N–H and O–H groups in total. The largest absolute Gasteiger partial charge is 0.512 e. The summed E-state index contributed by atoms with van der Waals surface area (Å²) in [5.74, 6) is 12.5. The van der Waals surface area contributed by atoms with Crippen molar-refractivity contribution in [3.8, 4) is 148 Å². The van der Waals surface area contributed by atoms with Gasteiger partial charge in [0.1, 0.15) is 51.7 Å². The van der Waals surface area contributed by atoms with Gasteiger partial charge in [0, 0.05) is 166 Å². The normalized spacial score (nSPS) is 14.0. The van der Waals surface area contributed by atoms with Crippen molar-refractivity contribution in [2.45, 2.75) is 13.8 Å². The minimum Gasteiger partial charge on any atom is -0.512 e. The number of carboxylic acids is 1. The van der Waals surface area contributed by atoms with Gasteiger partial charge in [0.15, 0.2) is 5.78 Å². The molecule has 0 aliphatic carbocycles. The molecule has 140 heavy (non-hydrogen) atoms. The van der Waals surface area contributed by atoms with Crippen LogP contribution in [0, 0.1) is 30.3 Å². The van der Waals surface area contributed by atoms with Crippen LogP contribution in [0.15, 0.2) is 401 Å². The number of aromatic nitrogens is 6. The molecule has 8 aliphatic heterocycles. The van der Waals surface area contributed by atoms with Crippen molar-refractivity contribution >= 4 is 107 Å². The van der Waals surface area contributed by atoms with Crippen LogP contribution in [0.1, 0.15) is 24.3 Å². The Bertz CT molecular complexity index is 6700. The molecule has 4 atom stereocenters. The molecule has 13 aromatic carbocycles. The number of nitrogens with zero attached hydrogens (tertiary/aromatic N) is 6. The Morgan fingerprint density at radius 2 is 0.479 bits per heavy atom. The van der Waals surface area contributed by atoms with E-state index >= 15 is 0 Å². The molecule has 26 heteroatoms. The fraction of sp³-hybridized carbons (Fsp3) is 0.0175. The molecule has 0 saturated carbocycles. The number of carboxylic acid groups (broad SMARTS) is 1. The smallest absolute Gasteiger partial charge is 0.354 e. The van der Waals surface area contributed by atoms with Crippen LogP contribution >= 0.6 is 31.7 Å². The first-order valence-electron chi connectivity index (χ1n) is 43.3. The van der Waals surface area contributed by atoms with Crippen molar-refractivity contribution in [3.05, 3.63) is 437 Å². The number of ketones is 1. The number of hydrogen-bond acceptors (Lipinski definition) is 17. The van der Waals surface area contributed by atoms with E-state index in [9.17, 15) is 9.59 Å². The summed E-state index contributed by atoms with van der Waals surface area (Å²) in [7, 11) is -2.94. The predicted octanol–water partition coefficient (Wildman–Crippen LogP) is 22.4. The molecule has 27 rings (SSSR count). The molecule has 692 valence electrons. The van der Waals surface area contributed by atoms with Crippen molar-refractivity contribution in [1.29, 1.82) is 0 Å². The first-order valence-corrected chi connectivity index (χ1v) is 48.6. The SMILES string of the molecule is CC(=O)C=C(C)O.O=C(O)c1ccccn1.[Ir].[Ir].[Ir].[Ir].[c-]1c(-c2ccccn2)cc2c3c1Oc1ccccc1P3c1ccccc1O2.[c-]1c(-c2ccccn2)cc2c3c1Oc1ccccc1P3c1ccccc1O2.[c-]1c(-c2ccccn2)cc2c3c1Oc1ccccc1P3c1ccccc1O2.[c-]1c(-c2ccccn2)cc2c3c1Oc1ccccc1P3c1ccccc1O2.[c-]1ccccc1-c1ccccn1. The number of allylic oxidation sites excluding steroid dienone is 2. The molecule has 8 aliphatic rings. The van der Waals surface area contributed by atoms with Crippen molar-refractivity contribution < 1.29 is 138 Å². The second kappa shape index (κ2) is 44.5. The number of carbonyl (C=O) groups excluding carboxylic acids is 1. The molecule has 19 aromatic rings. The zero-order chi connectivity index (χ0) is 92.0. The zero-order valence-corrected chi connectivity index (χ0v) is 87.0. The van der Waals surface area contributed by atoms with Gasteiger partial charge in [0.25, 0.3) is 0 Å². The van der Waals surface area contributed by atoms with E-state index in [1.165, 1.54) is 74.6 Å². The van der Waals surface area contributed by atoms with E-state index in [1.807, 2.05) is 237 Å². The molecule has 6 aromatic heterocycles. The van der Waals surface area contributed by atoms with Gasteiger partial charge >= 0.3 is 5.97 Å². The van der Waals surface area contributed by atoms with Crippen LogP contribution in [0.5, 0.6) is 92.0 Å². The Morgan fingerprint density at radius 1 is 0.257 bits per heavy atom. The first-order chi connectivity index (χ1) is 66.9. The van der Waals surface area contributed by atoms with Gasteiger partial charge in [-0.05, 0) is 186 Å². The van der Waals surface area contributed by atoms with Crippen LogP contribution in [0.2, 0.25) is 0 Å². The maximum absolute atomic E-state index is 10.1. The van der Waals surface area contributed by atoms with E-state index in [4.69, 9.17) is 48.1 Å². The Kier molecular flexibility index (Phi) is 31.1. The molecule has 0 spiro atoms. The number of hydrogen-bond donors (Lipinski definition) is 2. The Morgan fingerprint density at radius 3 is 0.671 bits per heavy atom. The third kappa shape index (κ3) is 20.6. The number of aromatic carboxylic acids is 1. The number of aliphatic hydroxyl groups excluding tert-OH is 1. The Hall–Kier alpha value is -13.8. The summed E-state index contributed by atoms with van der Waals surface area (Å²) in [6.07, 6.45) is 11.5. The fourth-order valence-electron chi connectivity index (χ4n) is 16.3. The van der Waals surface area contributed by atoms with Crippen LogP contribution in [-0.4, -0.2) is 51.9 Å². The topological polar surface area (TPSA) is 226 Å². The van der Waals surface area contributed by atoms with Crippen LogP contribution < -0.4 is 102 Å². The van der Waals surface area contributed by atoms with Gasteiger partial charge in [-0.15, -0.1) is 58.1 Å². The molecule has 4 unspecified atom stereocenters.